The third-order valence-electron chi connectivity index (χ3n) is 4.59. The van der Waals surface area contributed by atoms with Crippen molar-refractivity contribution in [1.29, 1.82) is 0 Å². The van der Waals surface area contributed by atoms with Crippen molar-refractivity contribution < 1.29 is 0 Å². The summed E-state index contributed by atoms with van der Waals surface area (Å²) < 4.78 is 0. The first kappa shape index (κ1) is 13.4. The second-order valence-electron chi connectivity index (χ2n) is 6.65. The van der Waals surface area contributed by atoms with Crippen LogP contribution in [0, 0.1) is 11.8 Å². The van der Waals surface area contributed by atoms with E-state index >= 15 is 0 Å². The van der Waals surface area contributed by atoms with Gasteiger partial charge in [-0.2, -0.15) is 0 Å². The molecule has 1 saturated carbocycles. The summed E-state index contributed by atoms with van der Waals surface area (Å²) in [5.41, 5.74) is 0. The fraction of sp³-hybridized carbons (Fsp3) is 1.00. The predicted octanol–water partition coefficient (Wildman–Crippen LogP) is 2.89. The van der Waals surface area contributed by atoms with Crippen molar-refractivity contribution in [2.24, 2.45) is 11.8 Å². The number of rotatable bonds is 7. The second kappa shape index (κ2) is 6.19. The van der Waals surface area contributed by atoms with Gasteiger partial charge in [0.25, 0.3) is 0 Å². The summed E-state index contributed by atoms with van der Waals surface area (Å²) in [6.45, 7) is 10.8. The molecular weight excluding hydrogens is 208 g/mol. The largest absolute Gasteiger partial charge is 0.313 e. The van der Waals surface area contributed by atoms with Gasteiger partial charge in [0.1, 0.15) is 0 Å². The van der Waals surface area contributed by atoms with E-state index in [1.165, 1.54) is 51.7 Å². The molecule has 1 N–H and O–H groups in total. The monoisotopic (exact) mass is 238 g/mol. The molecule has 0 aromatic rings. The van der Waals surface area contributed by atoms with Gasteiger partial charge in [0.2, 0.25) is 0 Å². The summed E-state index contributed by atoms with van der Waals surface area (Å²) in [5, 5.41) is 3.68. The quantitative estimate of drug-likeness (QED) is 0.733. The Bertz CT molecular complexity index is 227. The van der Waals surface area contributed by atoms with Gasteiger partial charge in [-0.25, -0.2) is 0 Å². The van der Waals surface area contributed by atoms with Gasteiger partial charge < -0.3 is 5.32 Å². The molecule has 1 heterocycles. The zero-order valence-corrected chi connectivity index (χ0v) is 11.9. The average molecular weight is 238 g/mol. The van der Waals surface area contributed by atoms with Crippen LogP contribution in [-0.2, 0) is 0 Å². The predicted molar refractivity (Wildman–Crippen MR) is 74.2 cm³/mol. The summed E-state index contributed by atoms with van der Waals surface area (Å²) in [5.74, 6) is 1.88. The highest BCUT2D eigenvalue weighted by molar-refractivity contribution is 4.92. The van der Waals surface area contributed by atoms with Crippen LogP contribution in [0.4, 0.5) is 0 Å². The van der Waals surface area contributed by atoms with Crippen molar-refractivity contribution in [3.8, 4) is 0 Å². The topological polar surface area (TPSA) is 15.3 Å². The lowest BCUT2D eigenvalue weighted by Crippen LogP contribution is -2.39. The van der Waals surface area contributed by atoms with Gasteiger partial charge in [0, 0.05) is 31.7 Å². The molecule has 3 unspecified atom stereocenters. The first-order chi connectivity index (χ1) is 8.15. The Morgan fingerprint density at radius 1 is 1.18 bits per heavy atom. The number of nitrogens with zero attached hydrogens (tertiary/aromatic N) is 1. The van der Waals surface area contributed by atoms with Crippen molar-refractivity contribution >= 4 is 0 Å². The number of likely N-dealkylation sites (tertiary alicyclic amines) is 1. The van der Waals surface area contributed by atoms with E-state index in [2.05, 4.69) is 31.0 Å². The number of hydrogen-bond acceptors (Lipinski definition) is 2. The lowest BCUT2D eigenvalue weighted by Gasteiger charge is -2.27. The van der Waals surface area contributed by atoms with Crippen molar-refractivity contribution in [3.05, 3.63) is 0 Å². The summed E-state index contributed by atoms with van der Waals surface area (Å²) in [4.78, 5) is 2.72. The molecule has 2 aliphatic rings. The molecule has 2 bridgehead atoms. The maximum absolute atomic E-state index is 3.68. The minimum atomic E-state index is 0.692. The van der Waals surface area contributed by atoms with Crippen LogP contribution in [0.1, 0.15) is 52.9 Å². The molecule has 2 heteroatoms. The first-order valence-corrected chi connectivity index (χ1v) is 7.62. The molecule has 0 radical (unpaired) electrons. The molecule has 3 atom stereocenters. The van der Waals surface area contributed by atoms with Crippen LogP contribution in [0.2, 0.25) is 0 Å². The molecule has 100 valence electrons. The fourth-order valence-electron chi connectivity index (χ4n) is 3.44. The van der Waals surface area contributed by atoms with Crippen LogP contribution in [0.15, 0.2) is 0 Å². The Balaban J connectivity index is 1.54. The Morgan fingerprint density at radius 3 is 2.59 bits per heavy atom. The molecule has 1 aliphatic heterocycles. The number of fused-ring (bicyclic) bond motifs is 2. The molecular formula is C15H30N2. The zero-order valence-electron chi connectivity index (χ0n) is 11.9. The molecule has 2 rings (SSSR count). The SMILES string of the molecule is CC(C)CCC(C)NCCN1CC2CCC1C2. The lowest BCUT2D eigenvalue weighted by atomic mass is 10.0. The Labute approximate surface area is 107 Å². The molecule has 0 spiro atoms. The van der Waals surface area contributed by atoms with Crippen LogP contribution in [0.3, 0.4) is 0 Å². The Morgan fingerprint density at radius 2 is 2.00 bits per heavy atom. The van der Waals surface area contributed by atoms with E-state index in [4.69, 9.17) is 0 Å². The molecule has 2 fully saturated rings. The smallest absolute Gasteiger partial charge is 0.0110 e. The zero-order chi connectivity index (χ0) is 12.3. The van der Waals surface area contributed by atoms with Crippen molar-refractivity contribution in [2.45, 2.75) is 65.0 Å². The minimum Gasteiger partial charge on any atom is -0.313 e. The fourth-order valence-corrected chi connectivity index (χ4v) is 3.44. The Hall–Kier alpha value is -0.0800. The number of hydrogen-bond donors (Lipinski definition) is 1. The molecule has 0 aromatic heterocycles. The lowest BCUT2D eigenvalue weighted by molar-refractivity contribution is 0.211. The van der Waals surface area contributed by atoms with Gasteiger partial charge in [0.05, 0.1) is 0 Å². The van der Waals surface area contributed by atoms with Crippen molar-refractivity contribution in [3.63, 3.8) is 0 Å². The second-order valence-corrected chi connectivity index (χ2v) is 6.65. The molecule has 1 saturated heterocycles. The van der Waals surface area contributed by atoms with Crippen molar-refractivity contribution in [1.82, 2.24) is 10.2 Å². The van der Waals surface area contributed by atoms with Gasteiger partial charge in [0.15, 0.2) is 0 Å². The highest BCUT2D eigenvalue weighted by Crippen LogP contribution is 2.36. The highest BCUT2D eigenvalue weighted by atomic mass is 15.2. The third kappa shape index (κ3) is 3.96. The average Bonchev–Trinajstić information content (AvgIpc) is 2.88. The van der Waals surface area contributed by atoms with E-state index in [1.807, 2.05) is 0 Å². The van der Waals surface area contributed by atoms with Gasteiger partial charge in [-0.05, 0) is 50.9 Å². The summed E-state index contributed by atoms with van der Waals surface area (Å²) in [7, 11) is 0. The molecule has 0 aromatic carbocycles. The van der Waals surface area contributed by atoms with Crippen LogP contribution < -0.4 is 5.32 Å². The molecule has 0 amide bonds. The van der Waals surface area contributed by atoms with Crippen molar-refractivity contribution in [2.75, 3.05) is 19.6 Å². The highest BCUT2D eigenvalue weighted by Gasteiger charge is 2.36. The minimum absolute atomic E-state index is 0.692. The van der Waals surface area contributed by atoms with Gasteiger partial charge in [-0.3, -0.25) is 4.90 Å². The molecule has 17 heavy (non-hydrogen) atoms. The summed E-state index contributed by atoms with van der Waals surface area (Å²) in [6, 6.07) is 1.63. The Kier molecular flexibility index (Phi) is 4.87. The van der Waals surface area contributed by atoms with Gasteiger partial charge in [-0.1, -0.05) is 13.8 Å². The van der Waals surface area contributed by atoms with Crippen LogP contribution in [0.25, 0.3) is 0 Å². The normalized spacial score (nSPS) is 30.4. The van der Waals surface area contributed by atoms with Crippen LogP contribution in [0.5, 0.6) is 0 Å². The van der Waals surface area contributed by atoms with E-state index in [0.717, 1.165) is 17.9 Å². The van der Waals surface area contributed by atoms with E-state index in [-0.39, 0.29) is 0 Å². The van der Waals surface area contributed by atoms with Crippen LogP contribution >= 0.6 is 0 Å². The van der Waals surface area contributed by atoms with Crippen LogP contribution in [-0.4, -0.2) is 36.6 Å². The first-order valence-electron chi connectivity index (χ1n) is 7.62. The van der Waals surface area contributed by atoms with E-state index in [0.29, 0.717) is 6.04 Å². The third-order valence-corrected chi connectivity index (χ3v) is 4.59. The van der Waals surface area contributed by atoms with E-state index in [1.54, 1.807) is 0 Å². The molecule has 2 nitrogen and oxygen atoms in total. The van der Waals surface area contributed by atoms with E-state index in [9.17, 15) is 0 Å². The summed E-state index contributed by atoms with van der Waals surface area (Å²) >= 11 is 0. The maximum Gasteiger partial charge on any atom is 0.0110 e. The maximum atomic E-state index is 3.68. The number of piperidine rings is 1. The van der Waals surface area contributed by atoms with Gasteiger partial charge in [-0.15, -0.1) is 0 Å². The number of nitrogens with one attached hydrogen (secondary N) is 1. The summed E-state index contributed by atoms with van der Waals surface area (Å²) in [6.07, 6.45) is 7.13. The van der Waals surface area contributed by atoms with Gasteiger partial charge >= 0.3 is 0 Å². The van der Waals surface area contributed by atoms with E-state index < -0.39 is 0 Å². The standard InChI is InChI=1S/C15H30N2/c1-12(2)4-5-13(3)16-8-9-17-11-14-6-7-15(17)10-14/h12-16H,4-11H2,1-3H3. The molecule has 1 aliphatic carbocycles.